The predicted octanol–water partition coefficient (Wildman–Crippen LogP) is 3.59. The van der Waals surface area contributed by atoms with Crippen LogP contribution in [0.15, 0.2) is 24.3 Å². The molecule has 17 heavy (non-hydrogen) atoms. The summed E-state index contributed by atoms with van der Waals surface area (Å²) >= 11 is 12.0. The Kier molecular flexibility index (Phi) is 2.92. The zero-order chi connectivity index (χ0) is 11.8. The summed E-state index contributed by atoms with van der Waals surface area (Å²) in [6, 6.07) is 7.43. The normalized spacial score (nSPS) is 16.8. The van der Waals surface area contributed by atoms with Gasteiger partial charge in [0.1, 0.15) is 5.15 Å². The van der Waals surface area contributed by atoms with Gasteiger partial charge in [0.15, 0.2) is 6.29 Å². The fourth-order valence-corrected chi connectivity index (χ4v) is 2.24. The Hall–Kier alpha value is -0.870. The van der Waals surface area contributed by atoms with Gasteiger partial charge in [-0.15, -0.1) is 0 Å². The van der Waals surface area contributed by atoms with Gasteiger partial charge in [-0.1, -0.05) is 29.3 Å². The van der Waals surface area contributed by atoms with Crippen molar-refractivity contribution in [3.63, 3.8) is 0 Å². The van der Waals surface area contributed by atoms with Gasteiger partial charge >= 0.3 is 0 Å². The van der Waals surface area contributed by atoms with Gasteiger partial charge in [-0.2, -0.15) is 0 Å². The van der Waals surface area contributed by atoms with Crippen molar-refractivity contribution in [1.82, 2.24) is 4.98 Å². The monoisotopic (exact) mass is 269 g/mol. The van der Waals surface area contributed by atoms with E-state index in [0.29, 0.717) is 23.4 Å². The Bertz CT molecular complexity index is 568. The van der Waals surface area contributed by atoms with Crippen molar-refractivity contribution >= 4 is 34.1 Å². The van der Waals surface area contributed by atoms with Crippen LogP contribution in [0, 0.1) is 0 Å². The summed E-state index contributed by atoms with van der Waals surface area (Å²) in [4.78, 5) is 4.30. The standard InChI is InChI=1S/C12H9Cl2NO2/c13-8-2-1-7-5-9(12-16-3-4-17-12)11(14)15-10(7)6-8/h1-2,5-6,12H,3-4H2. The molecule has 1 aliphatic rings. The summed E-state index contributed by atoms with van der Waals surface area (Å²) in [5.74, 6) is 0. The molecular weight excluding hydrogens is 261 g/mol. The molecule has 1 aromatic heterocycles. The highest BCUT2D eigenvalue weighted by Crippen LogP contribution is 2.31. The summed E-state index contributed by atoms with van der Waals surface area (Å²) in [7, 11) is 0. The minimum absolute atomic E-state index is 0.395. The van der Waals surface area contributed by atoms with E-state index in [-0.39, 0.29) is 0 Å². The number of halogens is 2. The van der Waals surface area contributed by atoms with Crippen molar-refractivity contribution in [1.29, 1.82) is 0 Å². The molecule has 3 rings (SSSR count). The largest absolute Gasteiger partial charge is 0.346 e. The van der Waals surface area contributed by atoms with E-state index < -0.39 is 6.29 Å². The molecule has 0 spiro atoms. The first-order chi connectivity index (χ1) is 8.24. The van der Waals surface area contributed by atoms with Crippen molar-refractivity contribution in [2.24, 2.45) is 0 Å². The topological polar surface area (TPSA) is 31.4 Å². The van der Waals surface area contributed by atoms with E-state index in [0.717, 1.165) is 16.5 Å². The molecule has 3 nitrogen and oxygen atoms in total. The van der Waals surface area contributed by atoms with Crippen LogP contribution < -0.4 is 0 Å². The van der Waals surface area contributed by atoms with Gasteiger partial charge in [0, 0.05) is 16.0 Å². The van der Waals surface area contributed by atoms with Gasteiger partial charge in [0.25, 0.3) is 0 Å². The summed E-state index contributed by atoms with van der Waals surface area (Å²) < 4.78 is 10.8. The maximum absolute atomic E-state index is 6.12. The number of fused-ring (bicyclic) bond motifs is 1. The fraction of sp³-hybridized carbons (Fsp3) is 0.250. The number of pyridine rings is 1. The highest BCUT2D eigenvalue weighted by Gasteiger charge is 2.22. The molecule has 1 fully saturated rings. The van der Waals surface area contributed by atoms with Gasteiger partial charge in [-0.05, 0) is 18.2 Å². The Balaban J connectivity index is 2.13. The molecule has 0 amide bonds. The van der Waals surface area contributed by atoms with Crippen molar-refractivity contribution < 1.29 is 9.47 Å². The number of ether oxygens (including phenoxy) is 2. The zero-order valence-corrected chi connectivity index (χ0v) is 10.3. The second-order valence-corrected chi connectivity index (χ2v) is 4.57. The third-order valence-corrected chi connectivity index (χ3v) is 3.17. The molecule has 5 heteroatoms. The average Bonchev–Trinajstić information content (AvgIpc) is 2.81. The maximum Gasteiger partial charge on any atom is 0.187 e. The van der Waals surface area contributed by atoms with E-state index in [1.54, 1.807) is 6.07 Å². The molecule has 2 aromatic rings. The number of aromatic nitrogens is 1. The molecule has 0 saturated carbocycles. The van der Waals surface area contributed by atoms with E-state index >= 15 is 0 Å². The lowest BCUT2D eigenvalue weighted by Crippen LogP contribution is -2.00. The molecule has 1 aromatic carbocycles. The molecular formula is C12H9Cl2NO2. The van der Waals surface area contributed by atoms with Crippen LogP contribution in [-0.2, 0) is 9.47 Å². The molecule has 0 unspecified atom stereocenters. The predicted molar refractivity (Wildman–Crippen MR) is 66.4 cm³/mol. The Labute approximate surface area is 108 Å². The number of hydrogen-bond donors (Lipinski definition) is 0. The first-order valence-electron chi connectivity index (χ1n) is 5.23. The molecule has 0 bridgehead atoms. The minimum atomic E-state index is -0.407. The number of benzene rings is 1. The van der Waals surface area contributed by atoms with Gasteiger partial charge < -0.3 is 9.47 Å². The second kappa shape index (κ2) is 4.42. The molecule has 0 atom stereocenters. The lowest BCUT2D eigenvalue weighted by molar-refractivity contribution is -0.0441. The van der Waals surface area contributed by atoms with Crippen LogP contribution in [0.4, 0.5) is 0 Å². The lowest BCUT2D eigenvalue weighted by Gasteiger charge is -2.11. The number of nitrogens with zero attached hydrogens (tertiary/aromatic N) is 1. The average molecular weight is 270 g/mol. The lowest BCUT2D eigenvalue weighted by atomic mass is 10.1. The molecule has 1 saturated heterocycles. The molecule has 1 aliphatic heterocycles. The summed E-state index contributed by atoms with van der Waals surface area (Å²) in [5, 5.41) is 2.00. The molecule has 2 heterocycles. The fourth-order valence-electron chi connectivity index (χ4n) is 1.84. The van der Waals surface area contributed by atoms with Crippen LogP contribution in [0.3, 0.4) is 0 Å². The quantitative estimate of drug-likeness (QED) is 0.742. The summed E-state index contributed by atoms with van der Waals surface area (Å²) in [6.45, 7) is 1.17. The summed E-state index contributed by atoms with van der Waals surface area (Å²) in [5.41, 5.74) is 1.53. The SMILES string of the molecule is Clc1ccc2cc(C3OCCO3)c(Cl)nc2c1. The highest BCUT2D eigenvalue weighted by molar-refractivity contribution is 6.32. The number of hydrogen-bond acceptors (Lipinski definition) is 3. The van der Waals surface area contributed by atoms with Crippen LogP contribution in [0.1, 0.15) is 11.9 Å². The van der Waals surface area contributed by atoms with Crippen LogP contribution >= 0.6 is 23.2 Å². The Morgan fingerprint density at radius 1 is 1.12 bits per heavy atom. The van der Waals surface area contributed by atoms with E-state index in [1.807, 2.05) is 18.2 Å². The van der Waals surface area contributed by atoms with E-state index in [1.165, 1.54) is 0 Å². The highest BCUT2D eigenvalue weighted by atomic mass is 35.5. The molecule has 0 radical (unpaired) electrons. The smallest absolute Gasteiger partial charge is 0.187 e. The van der Waals surface area contributed by atoms with Gasteiger partial charge in [0.2, 0.25) is 0 Å². The maximum atomic E-state index is 6.12. The Morgan fingerprint density at radius 3 is 2.65 bits per heavy atom. The summed E-state index contributed by atoms with van der Waals surface area (Å²) in [6.07, 6.45) is -0.407. The van der Waals surface area contributed by atoms with E-state index in [2.05, 4.69) is 4.98 Å². The Morgan fingerprint density at radius 2 is 1.88 bits per heavy atom. The molecule has 0 aliphatic carbocycles. The van der Waals surface area contributed by atoms with E-state index in [9.17, 15) is 0 Å². The van der Waals surface area contributed by atoms with Gasteiger partial charge in [0.05, 0.1) is 18.7 Å². The van der Waals surface area contributed by atoms with Crippen molar-refractivity contribution in [3.8, 4) is 0 Å². The third-order valence-electron chi connectivity index (χ3n) is 2.64. The number of rotatable bonds is 1. The van der Waals surface area contributed by atoms with Crippen LogP contribution in [0.25, 0.3) is 10.9 Å². The van der Waals surface area contributed by atoms with Crippen molar-refractivity contribution in [2.45, 2.75) is 6.29 Å². The van der Waals surface area contributed by atoms with Crippen LogP contribution in [-0.4, -0.2) is 18.2 Å². The van der Waals surface area contributed by atoms with Gasteiger partial charge in [-0.3, -0.25) is 0 Å². The first-order valence-corrected chi connectivity index (χ1v) is 5.98. The van der Waals surface area contributed by atoms with Crippen LogP contribution in [0.2, 0.25) is 10.2 Å². The minimum Gasteiger partial charge on any atom is -0.346 e. The second-order valence-electron chi connectivity index (χ2n) is 3.78. The van der Waals surface area contributed by atoms with Crippen molar-refractivity contribution in [2.75, 3.05) is 13.2 Å². The zero-order valence-electron chi connectivity index (χ0n) is 8.82. The van der Waals surface area contributed by atoms with Crippen molar-refractivity contribution in [3.05, 3.63) is 40.0 Å². The van der Waals surface area contributed by atoms with Gasteiger partial charge in [-0.25, -0.2) is 4.98 Å². The molecule has 0 N–H and O–H groups in total. The van der Waals surface area contributed by atoms with E-state index in [4.69, 9.17) is 32.7 Å². The molecule has 88 valence electrons. The third kappa shape index (κ3) is 2.11. The van der Waals surface area contributed by atoms with Crippen LogP contribution in [0.5, 0.6) is 0 Å². The first kappa shape index (κ1) is 11.2.